The summed E-state index contributed by atoms with van der Waals surface area (Å²) in [7, 11) is 1.53. The lowest BCUT2D eigenvalue weighted by molar-refractivity contribution is 0.103. The highest BCUT2D eigenvalue weighted by Gasteiger charge is 2.19. The van der Waals surface area contributed by atoms with Gasteiger partial charge in [0, 0.05) is 4.47 Å². The minimum atomic E-state index is -0.372. The fraction of sp³-hybridized carbons (Fsp3) is 0.0556. The maximum Gasteiger partial charge on any atom is 0.269 e. The average molecular weight is 462 g/mol. The van der Waals surface area contributed by atoms with Crippen LogP contribution in [0, 0.1) is 3.95 Å². The number of halogens is 1. The normalized spacial score (nSPS) is 11.0. The number of rotatable bonds is 3. The van der Waals surface area contributed by atoms with Crippen LogP contribution in [0.5, 0.6) is 5.75 Å². The molecule has 0 aliphatic rings. The van der Waals surface area contributed by atoms with Crippen molar-refractivity contribution in [3.8, 4) is 5.75 Å². The number of anilines is 1. The van der Waals surface area contributed by atoms with Crippen LogP contribution in [0.1, 0.15) is 9.67 Å². The molecule has 2 heterocycles. The summed E-state index contributed by atoms with van der Waals surface area (Å²) in [6.45, 7) is 0. The number of aromatic nitrogens is 2. The number of H-pyrrole nitrogens is 1. The minimum Gasteiger partial charge on any atom is -0.495 e. The maximum atomic E-state index is 12.9. The predicted octanol–water partition coefficient (Wildman–Crippen LogP) is 4.60. The largest absolute Gasteiger partial charge is 0.495 e. The van der Waals surface area contributed by atoms with Gasteiger partial charge in [-0.2, -0.15) is 0 Å². The van der Waals surface area contributed by atoms with Crippen LogP contribution in [0.4, 0.5) is 5.69 Å². The standard InChI is InChI=1S/C18H12BrN3O3S2/c1-25-13-5-3-2-4-11(13)20-17(24)14-15-21-16(23)10-7-6-9(19)8-12(10)22(15)18(26)27-14/h2-8H,1H3,(H,20,24)(H,21,23). The summed E-state index contributed by atoms with van der Waals surface area (Å²) < 4.78 is 8.25. The maximum absolute atomic E-state index is 12.9. The summed E-state index contributed by atoms with van der Waals surface area (Å²) in [6.07, 6.45) is 0. The van der Waals surface area contributed by atoms with Gasteiger partial charge in [-0.1, -0.05) is 39.4 Å². The van der Waals surface area contributed by atoms with Crippen LogP contribution in [0.3, 0.4) is 0 Å². The van der Waals surface area contributed by atoms with Gasteiger partial charge in [0.2, 0.25) is 0 Å². The molecule has 2 aromatic heterocycles. The van der Waals surface area contributed by atoms with Crippen LogP contribution in [-0.2, 0) is 0 Å². The Balaban J connectivity index is 1.90. The first-order valence-electron chi connectivity index (χ1n) is 7.81. The van der Waals surface area contributed by atoms with Crippen molar-refractivity contribution in [2.45, 2.75) is 0 Å². The van der Waals surface area contributed by atoms with Crippen molar-refractivity contribution in [1.29, 1.82) is 0 Å². The summed E-state index contributed by atoms with van der Waals surface area (Å²) in [4.78, 5) is 28.5. The van der Waals surface area contributed by atoms with E-state index in [1.807, 2.05) is 12.1 Å². The van der Waals surface area contributed by atoms with Gasteiger partial charge in [-0.25, -0.2) is 0 Å². The van der Waals surface area contributed by atoms with Crippen molar-refractivity contribution >= 4 is 67.6 Å². The fourth-order valence-electron chi connectivity index (χ4n) is 2.84. The highest BCUT2D eigenvalue weighted by molar-refractivity contribution is 9.10. The van der Waals surface area contributed by atoms with Crippen LogP contribution < -0.4 is 15.6 Å². The number of carbonyl (C=O) groups is 1. The minimum absolute atomic E-state index is 0.281. The van der Waals surface area contributed by atoms with Gasteiger partial charge < -0.3 is 15.0 Å². The van der Waals surface area contributed by atoms with Crippen LogP contribution >= 0.6 is 39.5 Å². The molecular formula is C18H12BrN3O3S2. The Hall–Kier alpha value is -2.49. The van der Waals surface area contributed by atoms with E-state index in [-0.39, 0.29) is 11.5 Å². The number of hydrogen-bond donors (Lipinski definition) is 2. The first-order chi connectivity index (χ1) is 13.0. The zero-order valence-electron chi connectivity index (χ0n) is 13.9. The molecule has 0 saturated heterocycles. The highest BCUT2D eigenvalue weighted by Crippen LogP contribution is 2.27. The summed E-state index contributed by atoms with van der Waals surface area (Å²) in [5.74, 6) is 0.170. The summed E-state index contributed by atoms with van der Waals surface area (Å²) in [5.41, 5.74) is 1.26. The third-order valence-electron chi connectivity index (χ3n) is 4.05. The molecule has 0 spiro atoms. The molecule has 1 amide bonds. The number of nitrogens with zero attached hydrogens (tertiary/aromatic N) is 1. The van der Waals surface area contributed by atoms with Crippen molar-refractivity contribution < 1.29 is 9.53 Å². The third-order valence-corrected chi connectivity index (χ3v) is 5.92. The van der Waals surface area contributed by atoms with E-state index < -0.39 is 0 Å². The summed E-state index contributed by atoms with van der Waals surface area (Å²) >= 11 is 10.0. The van der Waals surface area contributed by atoms with Crippen molar-refractivity contribution in [3.05, 3.63) is 66.1 Å². The number of amides is 1. The summed E-state index contributed by atoms with van der Waals surface area (Å²) in [6, 6.07) is 12.4. The number of para-hydroxylation sites is 2. The second kappa shape index (κ2) is 6.91. The Morgan fingerprint density at radius 3 is 2.85 bits per heavy atom. The fourth-order valence-corrected chi connectivity index (χ4v) is 4.47. The first-order valence-corrected chi connectivity index (χ1v) is 9.83. The predicted molar refractivity (Wildman–Crippen MR) is 113 cm³/mol. The lowest BCUT2D eigenvalue weighted by Gasteiger charge is -2.09. The summed E-state index contributed by atoms with van der Waals surface area (Å²) in [5, 5.41) is 3.31. The van der Waals surface area contributed by atoms with Crippen LogP contribution in [0.15, 0.2) is 51.7 Å². The zero-order valence-corrected chi connectivity index (χ0v) is 17.1. The van der Waals surface area contributed by atoms with E-state index in [1.54, 1.807) is 34.7 Å². The molecule has 27 heavy (non-hydrogen) atoms. The van der Waals surface area contributed by atoms with Crippen LogP contribution in [-0.4, -0.2) is 22.4 Å². The molecule has 0 aliphatic carbocycles. The quantitative estimate of drug-likeness (QED) is 0.437. The van der Waals surface area contributed by atoms with Crippen molar-refractivity contribution in [3.63, 3.8) is 0 Å². The number of thiazole rings is 1. The molecule has 136 valence electrons. The molecule has 9 heteroatoms. The van der Waals surface area contributed by atoms with Gasteiger partial charge >= 0.3 is 0 Å². The second-order valence-corrected chi connectivity index (χ2v) is 8.21. The molecule has 4 aromatic rings. The van der Waals surface area contributed by atoms with E-state index in [4.69, 9.17) is 17.0 Å². The second-order valence-electron chi connectivity index (χ2n) is 5.65. The number of hydrogen-bond acceptors (Lipinski definition) is 5. The molecule has 0 atom stereocenters. The Kier molecular flexibility index (Phi) is 4.58. The van der Waals surface area contributed by atoms with Crippen molar-refractivity contribution in [2.75, 3.05) is 12.4 Å². The van der Waals surface area contributed by atoms with Gasteiger partial charge in [0.1, 0.15) is 16.3 Å². The molecule has 2 N–H and O–H groups in total. The molecular weight excluding hydrogens is 450 g/mol. The SMILES string of the molecule is COc1ccccc1NC(=O)c1sc(=S)n2c1[nH]c(=O)c1ccc(Br)cc12. The third kappa shape index (κ3) is 3.07. The number of methoxy groups -OCH3 is 1. The highest BCUT2D eigenvalue weighted by atomic mass is 79.9. The smallest absolute Gasteiger partial charge is 0.269 e. The van der Waals surface area contributed by atoms with E-state index in [9.17, 15) is 9.59 Å². The van der Waals surface area contributed by atoms with Gasteiger partial charge in [-0.3, -0.25) is 14.0 Å². The van der Waals surface area contributed by atoms with E-state index in [0.29, 0.717) is 36.8 Å². The molecule has 4 rings (SSSR count). The van der Waals surface area contributed by atoms with Gasteiger partial charge in [-0.05, 0) is 42.5 Å². The Bertz CT molecular complexity index is 1320. The number of carbonyl (C=O) groups excluding carboxylic acids is 1. The number of fused-ring (bicyclic) bond motifs is 3. The molecule has 0 aliphatic heterocycles. The van der Waals surface area contributed by atoms with E-state index in [0.717, 1.165) is 15.8 Å². The lowest BCUT2D eigenvalue weighted by atomic mass is 10.2. The zero-order chi connectivity index (χ0) is 19.1. The average Bonchev–Trinajstić information content (AvgIpc) is 2.98. The van der Waals surface area contributed by atoms with Gasteiger partial charge in [-0.15, -0.1) is 0 Å². The number of benzene rings is 2. The lowest BCUT2D eigenvalue weighted by Crippen LogP contribution is -2.15. The topological polar surface area (TPSA) is 75.6 Å². The molecule has 0 bridgehead atoms. The number of ether oxygens (including phenoxy) is 1. The van der Waals surface area contributed by atoms with Crippen molar-refractivity contribution in [1.82, 2.24) is 9.38 Å². The molecule has 0 saturated carbocycles. The monoisotopic (exact) mass is 461 g/mol. The van der Waals surface area contributed by atoms with E-state index in [1.165, 1.54) is 7.11 Å². The Morgan fingerprint density at radius 2 is 2.07 bits per heavy atom. The first kappa shape index (κ1) is 17.9. The Labute approximate surface area is 170 Å². The molecule has 6 nitrogen and oxygen atoms in total. The number of aromatic amines is 1. The van der Waals surface area contributed by atoms with E-state index in [2.05, 4.69) is 26.2 Å². The van der Waals surface area contributed by atoms with Gasteiger partial charge in [0.25, 0.3) is 11.5 Å². The molecule has 0 unspecified atom stereocenters. The van der Waals surface area contributed by atoms with Crippen molar-refractivity contribution in [2.24, 2.45) is 0 Å². The molecule has 2 aromatic carbocycles. The van der Waals surface area contributed by atoms with Gasteiger partial charge in [0.05, 0.1) is 23.7 Å². The van der Waals surface area contributed by atoms with Gasteiger partial charge in [0.15, 0.2) is 3.95 Å². The molecule has 0 radical (unpaired) electrons. The van der Waals surface area contributed by atoms with E-state index >= 15 is 0 Å². The number of nitrogens with one attached hydrogen (secondary N) is 2. The van der Waals surface area contributed by atoms with Crippen LogP contribution in [0.25, 0.3) is 16.6 Å². The van der Waals surface area contributed by atoms with Crippen LogP contribution in [0.2, 0.25) is 0 Å². The Morgan fingerprint density at radius 1 is 1.30 bits per heavy atom. The molecule has 0 fully saturated rings.